The number of benzene rings is 1. The van der Waals surface area contributed by atoms with Crippen molar-refractivity contribution in [3.8, 4) is 5.75 Å². The van der Waals surface area contributed by atoms with Gasteiger partial charge in [-0.2, -0.15) is 0 Å². The van der Waals surface area contributed by atoms with E-state index in [1.54, 1.807) is 0 Å². The summed E-state index contributed by atoms with van der Waals surface area (Å²) in [4.78, 5) is 10.3. The molecule has 0 amide bonds. The lowest BCUT2D eigenvalue weighted by Crippen LogP contribution is -2.55. The number of methoxy groups -OCH3 is 1. The fourth-order valence-corrected chi connectivity index (χ4v) is 7.65. The molecule has 0 aliphatic heterocycles. The summed E-state index contributed by atoms with van der Waals surface area (Å²) in [5.41, 5.74) is -0.255. The smallest absolute Gasteiger partial charge is 0.271 e. The van der Waals surface area contributed by atoms with Crippen LogP contribution < -0.4 is 9.46 Å². The van der Waals surface area contributed by atoms with Crippen LogP contribution in [0.5, 0.6) is 5.75 Å². The Morgan fingerprint density at radius 1 is 1.19 bits per heavy atom. The Bertz CT molecular complexity index is 832. The molecule has 7 nitrogen and oxygen atoms in total. The highest BCUT2D eigenvalue weighted by molar-refractivity contribution is 7.89. The largest absolute Gasteiger partial charge is 0.495 e. The molecule has 1 N–H and O–H groups in total. The highest BCUT2D eigenvalue weighted by Crippen LogP contribution is 2.61. The van der Waals surface area contributed by atoms with E-state index in [0.29, 0.717) is 0 Å². The molecule has 27 heavy (non-hydrogen) atoms. The van der Waals surface area contributed by atoms with E-state index in [2.05, 4.69) is 4.72 Å². The van der Waals surface area contributed by atoms with Gasteiger partial charge in [-0.15, -0.1) is 0 Å². The number of nitrogens with zero attached hydrogens (tertiary/aromatic N) is 1. The van der Waals surface area contributed by atoms with Crippen molar-refractivity contribution >= 4 is 15.7 Å². The molecule has 4 aliphatic carbocycles. The van der Waals surface area contributed by atoms with E-state index >= 15 is 0 Å². The molecular formula is C19H26N2O5S. The Balaban J connectivity index is 1.62. The normalized spacial score (nSPS) is 33.0. The van der Waals surface area contributed by atoms with Crippen LogP contribution in [0.4, 0.5) is 5.69 Å². The molecule has 0 saturated heterocycles. The fourth-order valence-electron chi connectivity index (χ4n) is 6.12. The van der Waals surface area contributed by atoms with Crippen molar-refractivity contribution in [3.63, 3.8) is 0 Å². The van der Waals surface area contributed by atoms with Gasteiger partial charge in [0.05, 0.1) is 12.0 Å². The summed E-state index contributed by atoms with van der Waals surface area (Å²) < 4.78 is 34.1. The third-order valence-corrected chi connectivity index (χ3v) is 8.55. The predicted octanol–water partition coefficient (Wildman–Crippen LogP) is 3.49. The van der Waals surface area contributed by atoms with Crippen molar-refractivity contribution in [1.29, 1.82) is 0 Å². The average molecular weight is 394 g/mol. The summed E-state index contributed by atoms with van der Waals surface area (Å²) >= 11 is 0. The van der Waals surface area contributed by atoms with Crippen molar-refractivity contribution in [1.82, 2.24) is 4.72 Å². The van der Waals surface area contributed by atoms with Crippen LogP contribution in [0.3, 0.4) is 0 Å². The maximum atomic E-state index is 13.1. The van der Waals surface area contributed by atoms with Gasteiger partial charge in [-0.25, -0.2) is 13.1 Å². The van der Waals surface area contributed by atoms with Gasteiger partial charge in [-0.1, -0.05) is 0 Å². The van der Waals surface area contributed by atoms with Gasteiger partial charge < -0.3 is 4.74 Å². The number of ether oxygens (including phenoxy) is 1. The molecule has 1 aromatic rings. The number of non-ortho nitro benzene ring substituents is 1. The molecule has 1 aromatic carbocycles. The first-order valence-electron chi connectivity index (χ1n) is 9.57. The number of nitro groups is 1. The van der Waals surface area contributed by atoms with Gasteiger partial charge in [0.25, 0.3) is 5.69 Å². The molecule has 0 spiro atoms. The molecule has 4 saturated carbocycles. The highest BCUT2D eigenvalue weighted by atomic mass is 32.2. The monoisotopic (exact) mass is 394 g/mol. The van der Waals surface area contributed by atoms with E-state index in [4.69, 9.17) is 4.74 Å². The second kappa shape index (κ2) is 6.44. The van der Waals surface area contributed by atoms with E-state index in [9.17, 15) is 18.5 Å². The van der Waals surface area contributed by atoms with Crippen molar-refractivity contribution in [3.05, 3.63) is 28.3 Å². The molecule has 4 fully saturated rings. The maximum absolute atomic E-state index is 13.1. The van der Waals surface area contributed by atoms with E-state index in [1.165, 1.54) is 38.5 Å². The minimum absolute atomic E-state index is 0.00969. The number of nitro benzene ring substituents is 1. The first kappa shape index (κ1) is 18.7. The van der Waals surface area contributed by atoms with Gasteiger partial charge in [0.15, 0.2) is 0 Å². The number of nitrogens with one attached hydrogen (secondary N) is 1. The zero-order chi connectivity index (χ0) is 19.4. The van der Waals surface area contributed by atoms with Gasteiger partial charge >= 0.3 is 0 Å². The zero-order valence-electron chi connectivity index (χ0n) is 15.7. The van der Waals surface area contributed by atoms with Crippen molar-refractivity contribution in [2.24, 2.45) is 23.2 Å². The third kappa shape index (κ3) is 3.23. The molecule has 4 bridgehead atoms. The Hall–Kier alpha value is -1.67. The Morgan fingerprint density at radius 3 is 2.22 bits per heavy atom. The second-order valence-electron chi connectivity index (χ2n) is 8.72. The van der Waals surface area contributed by atoms with Crippen LogP contribution in [-0.2, 0) is 10.0 Å². The van der Waals surface area contributed by atoms with Gasteiger partial charge in [-0.05, 0) is 74.7 Å². The van der Waals surface area contributed by atoms with Crippen molar-refractivity contribution < 1.29 is 18.1 Å². The Kier molecular flexibility index (Phi) is 4.46. The standard InChI is InChI=1S/C19H26N2O5S/c1-12(19-9-13-5-14(10-19)7-15(6-13)11-19)20-27(24,25)18-8-16(21(22)23)3-4-17(18)26-2/h3-4,8,12-15,20H,5-7,9-11H2,1-2H3. The van der Waals surface area contributed by atoms with Crippen LogP contribution in [0, 0.1) is 33.3 Å². The Labute approximate surface area is 159 Å². The van der Waals surface area contributed by atoms with E-state index in [-0.39, 0.29) is 27.8 Å². The first-order valence-corrected chi connectivity index (χ1v) is 11.1. The van der Waals surface area contributed by atoms with E-state index in [1.807, 2.05) is 6.92 Å². The molecule has 1 atom stereocenters. The quantitative estimate of drug-likeness (QED) is 0.588. The van der Waals surface area contributed by atoms with Crippen LogP contribution in [0.15, 0.2) is 23.1 Å². The lowest BCUT2D eigenvalue weighted by Gasteiger charge is -2.59. The topological polar surface area (TPSA) is 98.5 Å². The number of rotatable bonds is 6. The Morgan fingerprint density at radius 2 is 1.74 bits per heavy atom. The predicted molar refractivity (Wildman–Crippen MR) is 100 cm³/mol. The molecule has 8 heteroatoms. The van der Waals surface area contributed by atoms with Crippen molar-refractivity contribution in [2.45, 2.75) is 56.4 Å². The summed E-state index contributed by atoms with van der Waals surface area (Å²) in [5.74, 6) is 2.27. The molecule has 5 rings (SSSR count). The number of hydrogen-bond donors (Lipinski definition) is 1. The number of sulfonamides is 1. The summed E-state index contributed by atoms with van der Waals surface area (Å²) in [5, 5.41) is 11.1. The maximum Gasteiger partial charge on any atom is 0.271 e. The van der Waals surface area contributed by atoms with Gasteiger partial charge in [0.2, 0.25) is 10.0 Å². The first-order chi connectivity index (χ1) is 12.7. The molecule has 0 radical (unpaired) electrons. The van der Waals surface area contributed by atoms with Gasteiger partial charge in [-0.3, -0.25) is 10.1 Å². The minimum Gasteiger partial charge on any atom is -0.495 e. The van der Waals surface area contributed by atoms with Crippen LogP contribution in [-0.4, -0.2) is 26.5 Å². The van der Waals surface area contributed by atoms with E-state index < -0.39 is 14.9 Å². The van der Waals surface area contributed by atoms with Gasteiger partial charge in [0, 0.05) is 18.2 Å². The summed E-state index contributed by atoms with van der Waals surface area (Å²) in [7, 11) is -2.57. The molecule has 1 unspecified atom stereocenters. The van der Waals surface area contributed by atoms with Crippen LogP contribution in [0.1, 0.15) is 45.4 Å². The summed E-state index contributed by atoms with van der Waals surface area (Å²) in [6, 6.07) is 3.45. The SMILES string of the molecule is COc1ccc([N+](=O)[O-])cc1S(=O)(=O)NC(C)C12CC3CC(CC(C3)C1)C2. The highest BCUT2D eigenvalue weighted by Gasteiger charge is 2.53. The fraction of sp³-hybridized carbons (Fsp3) is 0.684. The second-order valence-corrected chi connectivity index (χ2v) is 10.4. The van der Waals surface area contributed by atoms with Crippen LogP contribution in [0.25, 0.3) is 0 Å². The van der Waals surface area contributed by atoms with Crippen LogP contribution in [0.2, 0.25) is 0 Å². The average Bonchev–Trinajstić information content (AvgIpc) is 2.59. The summed E-state index contributed by atoms with van der Waals surface area (Å²) in [6.07, 6.45) is 7.10. The van der Waals surface area contributed by atoms with Crippen LogP contribution >= 0.6 is 0 Å². The van der Waals surface area contributed by atoms with Gasteiger partial charge in [0.1, 0.15) is 10.6 Å². The third-order valence-electron chi connectivity index (χ3n) is 6.98. The van der Waals surface area contributed by atoms with Crippen molar-refractivity contribution in [2.75, 3.05) is 7.11 Å². The molecule has 4 aliphatic rings. The summed E-state index contributed by atoms with van der Waals surface area (Å²) in [6.45, 7) is 1.95. The minimum atomic E-state index is -3.93. The molecule has 0 aromatic heterocycles. The lowest BCUT2D eigenvalue weighted by atomic mass is 9.48. The molecule has 0 heterocycles. The molecule has 148 valence electrons. The lowest BCUT2D eigenvalue weighted by molar-refractivity contribution is -0.385. The molecular weight excluding hydrogens is 368 g/mol. The van der Waals surface area contributed by atoms with E-state index in [0.717, 1.165) is 43.1 Å². The number of hydrogen-bond acceptors (Lipinski definition) is 5. The zero-order valence-corrected chi connectivity index (χ0v) is 16.5.